The lowest BCUT2D eigenvalue weighted by Crippen LogP contribution is -3.08. The maximum atomic E-state index is 10.7. The molecule has 0 atom stereocenters. The van der Waals surface area contributed by atoms with Gasteiger partial charge in [-0.1, -0.05) is 6.92 Å². The summed E-state index contributed by atoms with van der Waals surface area (Å²) in [5.41, 5.74) is 0.856. The van der Waals surface area contributed by atoms with Crippen molar-refractivity contribution in [3.8, 4) is 0 Å². The Hall–Kier alpha value is -1.66. The molecule has 1 saturated heterocycles. The number of quaternary nitrogens is 1. The van der Waals surface area contributed by atoms with E-state index in [1.165, 1.54) is 17.7 Å². The average molecular weight is 291 g/mol. The molecule has 0 spiro atoms. The Morgan fingerprint density at radius 3 is 3.00 bits per heavy atom. The number of fused-ring (bicyclic) bond motifs is 1. The van der Waals surface area contributed by atoms with Crippen molar-refractivity contribution in [3.63, 3.8) is 0 Å². The molecule has 1 fully saturated rings. The van der Waals surface area contributed by atoms with Crippen molar-refractivity contribution in [1.82, 2.24) is 9.38 Å². The molecule has 0 aromatic carbocycles. The van der Waals surface area contributed by atoms with Crippen molar-refractivity contribution in [3.05, 3.63) is 23.3 Å². The quantitative estimate of drug-likeness (QED) is 0.816. The van der Waals surface area contributed by atoms with Crippen LogP contribution in [0, 0.1) is 5.92 Å². The molecule has 0 aliphatic carbocycles. The maximum Gasteiger partial charge on any atom is 0.253 e. The molecule has 3 rings (SSSR count). The summed E-state index contributed by atoms with van der Waals surface area (Å²) in [7, 11) is 0. The smallest absolute Gasteiger partial charge is 0.253 e. The van der Waals surface area contributed by atoms with Crippen LogP contribution in [0.2, 0.25) is 0 Å². The van der Waals surface area contributed by atoms with Gasteiger partial charge in [0.05, 0.1) is 19.1 Å². The van der Waals surface area contributed by atoms with Gasteiger partial charge in [-0.25, -0.2) is 0 Å². The molecule has 0 unspecified atom stereocenters. The highest BCUT2D eigenvalue weighted by atomic mass is 32.1. The van der Waals surface area contributed by atoms with Crippen molar-refractivity contribution in [2.24, 2.45) is 5.92 Å². The van der Waals surface area contributed by atoms with Gasteiger partial charge in [-0.15, -0.1) is 11.3 Å². The minimum absolute atomic E-state index is 0.768. The zero-order chi connectivity index (χ0) is 14.1. The van der Waals surface area contributed by atoms with Crippen LogP contribution in [-0.4, -0.2) is 28.4 Å². The summed E-state index contributed by atoms with van der Waals surface area (Å²) in [4.78, 5) is 17.6. The first kappa shape index (κ1) is 13.3. The van der Waals surface area contributed by atoms with E-state index in [4.69, 9.17) is 0 Å². The molecule has 1 N–H and O–H groups in total. The predicted octanol–water partition coefficient (Wildman–Crippen LogP) is 0.105. The third-order valence-corrected chi connectivity index (χ3v) is 4.65. The topological polar surface area (TPSA) is 61.9 Å². The first-order chi connectivity index (χ1) is 9.65. The van der Waals surface area contributed by atoms with Gasteiger partial charge in [0.2, 0.25) is 0 Å². The lowest BCUT2D eigenvalue weighted by atomic mass is 9.99. The summed E-state index contributed by atoms with van der Waals surface area (Å²) in [5, 5.41) is 12.6. The number of piperidine rings is 1. The van der Waals surface area contributed by atoms with Gasteiger partial charge in [0.25, 0.3) is 5.82 Å². The molecule has 0 amide bonds. The van der Waals surface area contributed by atoms with Crippen LogP contribution in [0.4, 0.5) is 5.82 Å². The van der Waals surface area contributed by atoms with Gasteiger partial charge in [0, 0.05) is 11.6 Å². The molecule has 20 heavy (non-hydrogen) atoms. The Morgan fingerprint density at radius 2 is 2.30 bits per heavy atom. The molecule has 2 aromatic rings. The van der Waals surface area contributed by atoms with Gasteiger partial charge >= 0.3 is 0 Å². The molecule has 1 aliphatic rings. The number of carboxylic acids is 1. The molecule has 6 heteroatoms. The number of thiazole rings is 1. The molecular formula is C14H17N3O2S. The zero-order valence-corrected chi connectivity index (χ0v) is 12.2. The molecule has 2 aromatic heterocycles. The average Bonchev–Trinajstić information content (AvgIpc) is 2.98. The Balaban J connectivity index is 1.98. The Kier molecular flexibility index (Phi) is 3.58. The third kappa shape index (κ3) is 2.48. The van der Waals surface area contributed by atoms with Gasteiger partial charge in [-0.3, -0.25) is 9.30 Å². The number of carbonyl (C=O) groups is 1. The Morgan fingerprint density at radius 1 is 1.55 bits per heavy atom. The fraction of sp³-hybridized carbons (Fsp3) is 0.429. The second kappa shape index (κ2) is 5.38. The highest BCUT2D eigenvalue weighted by Crippen LogP contribution is 2.21. The Bertz CT molecular complexity index is 650. The number of imidazole rings is 1. The molecule has 0 saturated carbocycles. The summed E-state index contributed by atoms with van der Waals surface area (Å²) >= 11 is 1.56. The first-order valence-corrected chi connectivity index (χ1v) is 7.73. The molecule has 3 heterocycles. The van der Waals surface area contributed by atoms with Crippen LogP contribution in [0.3, 0.4) is 0 Å². The normalized spacial score (nSPS) is 23.6. The van der Waals surface area contributed by atoms with Crippen LogP contribution < -0.4 is 10.0 Å². The van der Waals surface area contributed by atoms with E-state index >= 15 is 0 Å². The summed E-state index contributed by atoms with van der Waals surface area (Å²) < 4.78 is 1.95. The van der Waals surface area contributed by atoms with Crippen LogP contribution in [0.25, 0.3) is 11.0 Å². The standard InChI is InChI=1S/C14H17N3O2S/c1-10-4-6-16(7-5-10)13-11(2-3-12(18)19)17-8-9-20-14(17)15-13/h2-3,8-10H,4-7H2,1H3,(H,18,19)/b3-2+. The van der Waals surface area contributed by atoms with E-state index in [1.807, 2.05) is 16.0 Å². The van der Waals surface area contributed by atoms with Crippen molar-refractivity contribution >= 4 is 34.2 Å². The van der Waals surface area contributed by atoms with Gasteiger partial charge in [0.15, 0.2) is 4.96 Å². The molecule has 0 bridgehead atoms. The second-order valence-corrected chi connectivity index (χ2v) is 6.21. The minimum atomic E-state index is -1.18. The predicted molar refractivity (Wildman–Crippen MR) is 75.9 cm³/mol. The summed E-state index contributed by atoms with van der Waals surface area (Å²) in [5.74, 6) is 0.550. The molecular weight excluding hydrogens is 274 g/mol. The lowest BCUT2D eigenvalue weighted by molar-refractivity contribution is -0.842. The van der Waals surface area contributed by atoms with E-state index in [0.29, 0.717) is 0 Å². The van der Waals surface area contributed by atoms with E-state index in [1.54, 1.807) is 17.4 Å². The summed E-state index contributed by atoms with van der Waals surface area (Å²) in [6.45, 7) is 4.38. The van der Waals surface area contributed by atoms with Gasteiger partial charge < -0.3 is 9.90 Å². The number of carboxylic acid groups (broad SMARTS) is 1. The number of nitrogens with zero attached hydrogens (tertiary/aromatic N) is 2. The maximum absolute atomic E-state index is 10.7. The number of hydrogen-bond donors (Lipinski definition) is 1. The number of hydrogen-bond acceptors (Lipinski definition) is 4. The number of aliphatic carboxylic acids is 1. The molecule has 106 valence electrons. The van der Waals surface area contributed by atoms with Gasteiger partial charge in [-0.2, -0.15) is 4.98 Å². The number of rotatable bonds is 3. The fourth-order valence-electron chi connectivity index (χ4n) is 2.72. The second-order valence-electron chi connectivity index (χ2n) is 5.34. The van der Waals surface area contributed by atoms with Gasteiger partial charge in [-0.05, 0) is 30.9 Å². The molecule has 5 nitrogen and oxygen atoms in total. The number of nitrogens with one attached hydrogen (secondary N) is 1. The fourth-order valence-corrected chi connectivity index (χ4v) is 3.44. The molecule has 0 radical (unpaired) electrons. The first-order valence-electron chi connectivity index (χ1n) is 6.85. The largest absolute Gasteiger partial charge is 0.545 e. The van der Waals surface area contributed by atoms with Crippen LogP contribution in [0.15, 0.2) is 17.7 Å². The lowest BCUT2D eigenvalue weighted by Gasteiger charge is -2.25. The molecule has 1 aliphatic heterocycles. The van der Waals surface area contributed by atoms with Crippen molar-refractivity contribution in [1.29, 1.82) is 0 Å². The van der Waals surface area contributed by atoms with E-state index in [0.717, 1.165) is 41.6 Å². The number of carbonyl (C=O) groups excluding carboxylic acids is 1. The SMILES string of the molecule is CC1CC[NH+](c2nc3sccn3c2/C=C/C(=O)[O-])CC1. The highest BCUT2D eigenvalue weighted by molar-refractivity contribution is 7.15. The van der Waals surface area contributed by atoms with Gasteiger partial charge in [0.1, 0.15) is 5.69 Å². The summed E-state index contributed by atoms with van der Waals surface area (Å²) in [6.07, 6.45) is 6.98. The summed E-state index contributed by atoms with van der Waals surface area (Å²) in [6, 6.07) is 0. The van der Waals surface area contributed by atoms with E-state index < -0.39 is 5.97 Å². The van der Waals surface area contributed by atoms with Crippen LogP contribution in [0.1, 0.15) is 25.5 Å². The van der Waals surface area contributed by atoms with E-state index in [2.05, 4.69) is 11.9 Å². The van der Waals surface area contributed by atoms with E-state index in [9.17, 15) is 9.90 Å². The third-order valence-electron chi connectivity index (χ3n) is 3.89. The van der Waals surface area contributed by atoms with E-state index in [-0.39, 0.29) is 0 Å². The van der Waals surface area contributed by atoms with Crippen LogP contribution in [-0.2, 0) is 4.79 Å². The van der Waals surface area contributed by atoms with Crippen molar-refractivity contribution in [2.45, 2.75) is 19.8 Å². The minimum Gasteiger partial charge on any atom is -0.545 e. The zero-order valence-electron chi connectivity index (χ0n) is 11.3. The van der Waals surface area contributed by atoms with Crippen molar-refractivity contribution in [2.75, 3.05) is 13.1 Å². The van der Waals surface area contributed by atoms with Crippen molar-refractivity contribution < 1.29 is 14.8 Å². The highest BCUT2D eigenvalue weighted by Gasteiger charge is 2.26. The Labute approximate surface area is 121 Å². The van der Waals surface area contributed by atoms with Crippen LogP contribution in [0.5, 0.6) is 0 Å². The monoisotopic (exact) mass is 291 g/mol. The number of aromatic nitrogens is 2. The van der Waals surface area contributed by atoms with Crippen LogP contribution >= 0.6 is 11.3 Å².